The van der Waals surface area contributed by atoms with E-state index in [9.17, 15) is 5.11 Å². The predicted molar refractivity (Wildman–Crippen MR) is 79.5 cm³/mol. The van der Waals surface area contributed by atoms with Gasteiger partial charge in [-0.3, -0.25) is 0 Å². The Morgan fingerprint density at radius 1 is 1.11 bits per heavy atom. The fraction of sp³-hybridized carbons (Fsp3) is 0.250. The third-order valence-corrected chi connectivity index (χ3v) is 3.67. The average Bonchev–Trinajstić information content (AvgIpc) is 2.68. The quantitative estimate of drug-likeness (QED) is 0.802. The standard InChI is InChI=1S/C16H18N2O/c1-11-10-18(2)16-8-5-13(9-15(11)16)17-12-3-6-14(19)7-4-12/h3-9,11,17,19H,10H2,1-2H3. The second kappa shape index (κ2) is 4.50. The Kier molecular flexibility index (Phi) is 2.82. The molecule has 3 heteroatoms. The summed E-state index contributed by atoms with van der Waals surface area (Å²) in [5.41, 5.74) is 4.79. The zero-order valence-electron chi connectivity index (χ0n) is 11.2. The highest BCUT2D eigenvalue weighted by atomic mass is 16.3. The summed E-state index contributed by atoms with van der Waals surface area (Å²) in [6, 6.07) is 13.6. The first-order valence-electron chi connectivity index (χ1n) is 6.54. The van der Waals surface area contributed by atoms with Crippen molar-refractivity contribution in [3.05, 3.63) is 48.0 Å². The lowest BCUT2D eigenvalue weighted by Crippen LogP contribution is -2.13. The molecule has 0 radical (unpaired) electrons. The summed E-state index contributed by atoms with van der Waals surface area (Å²) in [4.78, 5) is 2.30. The van der Waals surface area contributed by atoms with E-state index < -0.39 is 0 Å². The van der Waals surface area contributed by atoms with Crippen molar-refractivity contribution in [1.29, 1.82) is 0 Å². The Morgan fingerprint density at radius 3 is 2.53 bits per heavy atom. The van der Waals surface area contributed by atoms with Crippen LogP contribution in [0.3, 0.4) is 0 Å². The van der Waals surface area contributed by atoms with Crippen LogP contribution in [0.15, 0.2) is 42.5 Å². The van der Waals surface area contributed by atoms with Crippen LogP contribution < -0.4 is 10.2 Å². The lowest BCUT2D eigenvalue weighted by molar-refractivity contribution is 0.475. The minimum Gasteiger partial charge on any atom is -0.508 e. The van der Waals surface area contributed by atoms with E-state index in [2.05, 4.69) is 42.4 Å². The van der Waals surface area contributed by atoms with Crippen molar-refractivity contribution in [2.75, 3.05) is 23.8 Å². The van der Waals surface area contributed by atoms with Crippen LogP contribution in [0.2, 0.25) is 0 Å². The molecule has 0 spiro atoms. The van der Waals surface area contributed by atoms with Gasteiger partial charge >= 0.3 is 0 Å². The van der Waals surface area contributed by atoms with E-state index in [1.807, 2.05) is 12.1 Å². The van der Waals surface area contributed by atoms with Crippen molar-refractivity contribution < 1.29 is 5.11 Å². The zero-order chi connectivity index (χ0) is 13.4. The molecule has 0 amide bonds. The number of phenols is 1. The van der Waals surface area contributed by atoms with Gasteiger partial charge in [0.25, 0.3) is 0 Å². The van der Waals surface area contributed by atoms with Crippen LogP contribution in [-0.4, -0.2) is 18.7 Å². The number of nitrogens with one attached hydrogen (secondary N) is 1. The predicted octanol–water partition coefficient (Wildman–Crippen LogP) is 3.69. The summed E-state index contributed by atoms with van der Waals surface area (Å²) < 4.78 is 0. The Bertz CT molecular complexity index is 592. The molecule has 98 valence electrons. The molecule has 2 N–H and O–H groups in total. The van der Waals surface area contributed by atoms with Crippen molar-refractivity contribution in [2.24, 2.45) is 0 Å². The van der Waals surface area contributed by atoms with Gasteiger partial charge in [-0.1, -0.05) is 6.92 Å². The topological polar surface area (TPSA) is 35.5 Å². The van der Waals surface area contributed by atoms with Gasteiger partial charge in [0.2, 0.25) is 0 Å². The minimum atomic E-state index is 0.287. The van der Waals surface area contributed by atoms with E-state index in [0.717, 1.165) is 17.9 Å². The number of phenolic OH excluding ortho intramolecular Hbond substituents is 1. The van der Waals surface area contributed by atoms with Crippen molar-refractivity contribution in [3.8, 4) is 5.75 Å². The molecular formula is C16H18N2O. The van der Waals surface area contributed by atoms with E-state index in [-0.39, 0.29) is 5.75 Å². The molecule has 1 aliphatic heterocycles. The van der Waals surface area contributed by atoms with E-state index in [1.54, 1.807) is 12.1 Å². The number of aromatic hydroxyl groups is 1. The number of nitrogens with zero attached hydrogens (tertiary/aromatic N) is 1. The third-order valence-electron chi connectivity index (χ3n) is 3.67. The maximum atomic E-state index is 9.28. The molecule has 0 aromatic heterocycles. The molecule has 0 aliphatic carbocycles. The molecule has 3 nitrogen and oxygen atoms in total. The summed E-state index contributed by atoms with van der Waals surface area (Å²) in [6.45, 7) is 3.34. The summed E-state index contributed by atoms with van der Waals surface area (Å²) in [5.74, 6) is 0.858. The van der Waals surface area contributed by atoms with Gasteiger partial charge < -0.3 is 15.3 Å². The molecule has 1 heterocycles. The molecule has 0 bridgehead atoms. The normalized spacial score (nSPS) is 17.4. The molecule has 2 aromatic rings. The summed E-state index contributed by atoms with van der Waals surface area (Å²) in [7, 11) is 2.13. The molecule has 19 heavy (non-hydrogen) atoms. The maximum absolute atomic E-state index is 9.28. The highest BCUT2D eigenvalue weighted by Crippen LogP contribution is 2.37. The van der Waals surface area contributed by atoms with Gasteiger partial charge in [-0.2, -0.15) is 0 Å². The summed E-state index contributed by atoms with van der Waals surface area (Å²) in [5, 5.41) is 12.6. The van der Waals surface area contributed by atoms with Gasteiger partial charge in [-0.05, 0) is 48.0 Å². The lowest BCUT2D eigenvalue weighted by Gasteiger charge is -2.13. The number of fused-ring (bicyclic) bond motifs is 1. The van der Waals surface area contributed by atoms with Crippen LogP contribution in [-0.2, 0) is 0 Å². The Hall–Kier alpha value is -2.16. The van der Waals surface area contributed by atoms with Crippen LogP contribution in [0, 0.1) is 0 Å². The second-order valence-electron chi connectivity index (χ2n) is 5.23. The Balaban J connectivity index is 1.87. The van der Waals surface area contributed by atoms with Gasteiger partial charge in [-0.25, -0.2) is 0 Å². The van der Waals surface area contributed by atoms with Gasteiger partial charge in [0, 0.05) is 36.6 Å². The number of benzene rings is 2. The number of hydrogen-bond donors (Lipinski definition) is 2. The summed E-state index contributed by atoms with van der Waals surface area (Å²) in [6.07, 6.45) is 0. The fourth-order valence-corrected chi connectivity index (χ4v) is 2.69. The van der Waals surface area contributed by atoms with Crippen LogP contribution in [0.1, 0.15) is 18.4 Å². The van der Waals surface area contributed by atoms with E-state index in [0.29, 0.717) is 5.92 Å². The molecule has 1 unspecified atom stereocenters. The van der Waals surface area contributed by atoms with Crippen molar-refractivity contribution >= 4 is 17.1 Å². The van der Waals surface area contributed by atoms with Gasteiger partial charge in [0.05, 0.1) is 0 Å². The van der Waals surface area contributed by atoms with Crippen LogP contribution in [0.25, 0.3) is 0 Å². The molecule has 0 saturated carbocycles. The average molecular weight is 254 g/mol. The van der Waals surface area contributed by atoms with Gasteiger partial charge in [0.1, 0.15) is 5.75 Å². The molecular weight excluding hydrogens is 236 g/mol. The largest absolute Gasteiger partial charge is 0.508 e. The minimum absolute atomic E-state index is 0.287. The smallest absolute Gasteiger partial charge is 0.115 e. The molecule has 1 atom stereocenters. The highest BCUT2D eigenvalue weighted by molar-refractivity contribution is 5.69. The number of likely N-dealkylation sites (N-methyl/N-ethyl adjacent to an activating group) is 1. The van der Waals surface area contributed by atoms with E-state index >= 15 is 0 Å². The molecule has 2 aromatic carbocycles. The Morgan fingerprint density at radius 2 is 1.79 bits per heavy atom. The van der Waals surface area contributed by atoms with E-state index in [1.165, 1.54) is 11.3 Å². The summed E-state index contributed by atoms with van der Waals surface area (Å²) >= 11 is 0. The zero-order valence-corrected chi connectivity index (χ0v) is 11.2. The lowest BCUT2D eigenvalue weighted by atomic mass is 10.0. The number of hydrogen-bond acceptors (Lipinski definition) is 3. The number of rotatable bonds is 2. The van der Waals surface area contributed by atoms with Crippen LogP contribution >= 0.6 is 0 Å². The van der Waals surface area contributed by atoms with Gasteiger partial charge in [0.15, 0.2) is 0 Å². The Labute approximate surface area is 113 Å². The molecule has 1 aliphatic rings. The van der Waals surface area contributed by atoms with E-state index in [4.69, 9.17) is 0 Å². The third kappa shape index (κ3) is 2.24. The monoisotopic (exact) mass is 254 g/mol. The first-order chi connectivity index (χ1) is 9.13. The van der Waals surface area contributed by atoms with Crippen molar-refractivity contribution in [3.63, 3.8) is 0 Å². The molecule has 0 saturated heterocycles. The highest BCUT2D eigenvalue weighted by Gasteiger charge is 2.22. The first kappa shape index (κ1) is 11.9. The SMILES string of the molecule is CC1CN(C)c2ccc(Nc3ccc(O)cc3)cc21. The molecule has 0 fully saturated rings. The van der Waals surface area contributed by atoms with Crippen LogP contribution in [0.5, 0.6) is 5.75 Å². The second-order valence-corrected chi connectivity index (χ2v) is 5.23. The fourth-order valence-electron chi connectivity index (χ4n) is 2.69. The van der Waals surface area contributed by atoms with Crippen molar-refractivity contribution in [2.45, 2.75) is 12.8 Å². The van der Waals surface area contributed by atoms with Crippen molar-refractivity contribution in [1.82, 2.24) is 0 Å². The van der Waals surface area contributed by atoms with Crippen LogP contribution in [0.4, 0.5) is 17.1 Å². The molecule has 3 rings (SSSR count). The first-order valence-corrected chi connectivity index (χ1v) is 6.54. The number of anilines is 3. The maximum Gasteiger partial charge on any atom is 0.115 e. The van der Waals surface area contributed by atoms with Gasteiger partial charge in [-0.15, -0.1) is 0 Å².